The lowest BCUT2D eigenvalue weighted by Crippen LogP contribution is -2.24. The molecule has 180 valence electrons. The van der Waals surface area contributed by atoms with E-state index in [-0.39, 0.29) is 22.5 Å². The first-order chi connectivity index (χ1) is 16.7. The second kappa shape index (κ2) is 9.89. The summed E-state index contributed by atoms with van der Waals surface area (Å²) in [5.41, 5.74) is 0.536. The van der Waals surface area contributed by atoms with Crippen LogP contribution in [0.4, 0.5) is 5.69 Å². The summed E-state index contributed by atoms with van der Waals surface area (Å²) in [6.45, 7) is 3.71. The molecule has 0 unspecified atom stereocenters. The normalized spacial score (nSPS) is 11.4. The molecule has 0 aliphatic carbocycles. The lowest BCUT2D eigenvalue weighted by Gasteiger charge is -2.14. The molecule has 0 fully saturated rings. The molecule has 0 radical (unpaired) electrons. The Balaban J connectivity index is 1.80. The van der Waals surface area contributed by atoms with E-state index in [1.807, 2.05) is 6.92 Å². The molecule has 1 N–H and O–H groups in total. The summed E-state index contributed by atoms with van der Waals surface area (Å²) in [5, 5.41) is 3.15. The number of amides is 1. The lowest BCUT2D eigenvalue weighted by molar-refractivity contribution is -0.116. The molecule has 4 aromatic rings. The molecular formula is C25H22ClN3O5S. The number of hydrogen-bond donors (Lipinski definition) is 1. The fraction of sp³-hybridized carbons (Fsp3) is 0.160. The van der Waals surface area contributed by atoms with Gasteiger partial charge in [-0.15, -0.1) is 0 Å². The van der Waals surface area contributed by atoms with Gasteiger partial charge in [0.05, 0.1) is 27.6 Å². The van der Waals surface area contributed by atoms with Crippen LogP contribution in [0.3, 0.4) is 0 Å². The summed E-state index contributed by atoms with van der Waals surface area (Å²) in [4.78, 5) is 29.9. The molecule has 0 saturated carbocycles. The van der Waals surface area contributed by atoms with Gasteiger partial charge in [0.1, 0.15) is 22.8 Å². The van der Waals surface area contributed by atoms with E-state index in [0.29, 0.717) is 28.8 Å². The number of halogens is 1. The minimum atomic E-state index is -4.20. The number of sulfone groups is 1. The molecule has 0 saturated heterocycles. The van der Waals surface area contributed by atoms with Crippen LogP contribution in [0.15, 0.2) is 81.4 Å². The Morgan fingerprint density at radius 2 is 1.80 bits per heavy atom. The number of para-hydroxylation sites is 1. The number of aryl methyl sites for hydroxylation is 1. The van der Waals surface area contributed by atoms with Gasteiger partial charge < -0.3 is 14.6 Å². The summed E-state index contributed by atoms with van der Waals surface area (Å²) in [7, 11) is -4.20. The largest absolute Gasteiger partial charge is 0.494 e. The fourth-order valence-corrected chi connectivity index (χ4v) is 5.11. The minimum absolute atomic E-state index is 0.0652. The molecule has 1 amide bonds. The van der Waals surface area contributed by atoms with Crippen molar-refractivity contribution in [1.82, 2.24) is 9.55 Å². The number of hydrogen-bond acceptors (Lipinski definition) is 6. The number of rotatable bonds is 7. The van der Waals surface area contributed by atoms with E-state index >= 15 is 0 Å². The van der Waals surface area contributed by atoms with E-state index in [1.165, 1.54) is 34.9 Å². The number of ether oxygens (including phenoxy) is 1. The van der Waals surface area contributed by atoms with Crippen LogP contribution in [0, 0.1) is 6.92 Å². The first kappa shape index (κ1) is 24.4. The van der Waals surface area contributed by atoms with E-state index in [2.05, 4.69) is 10.3 Å². The van der Waals surface area contributed by atoms with Crippen LogP contribution >= 0.6 is 11.6 Å². The number of benzene rings is 2. The molecule has 2 aromatic carbocycles. The quantitative estimate of drug-likeness (QED) is 0.398. The molecular weight excluding hydrogens is 490 g/mol. The Morgan fingerprint density at radius 3 is 2.49 bits per heavy atom. The maximum atomic E-state index is 13.4. The van der Waals surface area contributed by atoms with Crippen molar-refractivity contribution in [3.8, 4) is 5.75 Å². The molecule has 0 aliphatic heterocycles. The molecule has 8 nitrogen and oxygen atoms in total. The third-order valence-corrected chi connectivity index (χ3v) is 7.32. The maximum Gasteiger partial charge on any atom is 0.244 e. The minimum Gasteiger partial charge on any atom is -0.494 e. The van der Waals surface area contributed by atoms with Crippen molar-refractivity contribution in [1.29, 1.82) is 0 Å². The van der Waals surface area contributed by atoms with Crippen molar-refractivity contribution >= 4 is 44.1 Å². The standard InChI is InChI=1S/C25H22ClN3O5S/c1-3-34-17-9-11-18(12-10-17)35(32,33)22-14-29(25-19(24(22)31)13-8-16(2)27-25)15-23(30)28-21-7-5-4-6-20(21)26/h4-14H,3,15H2,1-2H3,(H,28,30). The number of pyridine rings is 2. The van der Waals surface area contributed by atoms with Crippen molar-refractivity contribution in [2.75, 3.05) is 11.9 Å². The number of nitrogens with zero attached hydrogens (tertiary/aromatic N) is 2. The van der Waals surface area contributed by atoms with Crippen LogP contribution in [-0.2, 0) is 21.2 Å². The zero-order chi connectivity index (χ0) is 25.2. The topological polar surface area (TPSA) is 107 Å². The zero-order valence-corrected chi connectivity index (χ0v) is 20.6. The van der Waals surface area contributed by atoms with Crippen LogP contribution < -0.4 is 15.5 Å². The molecule has 4 rings (SSSR count). The third kappa shape index (κ3) is 5.06. The van der Waals surface area contributed by atoms with E-state index < -0.39 is 26.1 Å². The first-order valence-corrected chi connectivity index (χ1v) is 12.6. The first-order valence-electron chi connectivity index (χ1n) is 10.7. The summed E-state index contributed by atoms with van der Waals surface area (Å²) in [6.07, 6.45) is 1.16. The maximum absolute atomic E-state index is 13.4. The van der Waals surface area contributed by atoms with Gasteiger partial charge in [-0.05, 0) is 62.4 Å². The van der Waals surface area contributed by atoms with E-state index in [0.717, 1.165) is 6.20 Å². The van der Waals surface area contributed by atoms with Crippen molar-refractivity contribution in [2.24, 2.45) is 0 Å². The molecule has 0 bridgehead atoms. The van der Waals surface area contributed by atoms with Crippen LogP contribution in [0.2, 0.25) is 5.02 Å². The molecule has 2 heterocycles. The highest BCUT2D eigenvalue weighted by Crippen LogP contribution is 2.24. The average molecular weight is 512 g/mol. The van der Waals surface area contributed by atoms with Crippen LogP contribution in [-0.4, -0.2) is 30.5 Å². The van der Waals surface area contributed by atoms with Gasteiger partial charge in [-0.1, -0.05) is 23.7 Å². The molecule has 10 heteroatoms. The highest BCUT2D eigenvalue weighted by atomic mass is 35.5. The van der Waals surface area contributed by atoms with E-state index in [1.54, 1.807) is 37.3 Å². The summed E-state index contributed by atoms with van der Waals surface area (Å²) < 4.78 is 33.6. The fourth-order valence-electron chi connectivity index (χ4n) is 3.56. The van der Waals surface area contributed by atoms with Crippen LogP contribution in [0.5, 0.6) is 5.75 Å². The number of anilines is 1. The monoisotopic (exact) mass is 511 g/mol. The van der Waals surface area contributed by atoms with Gasteiger partial charge in [0.2, 0.25) is 21.2 Å². The van der Waals surface area contributed by atoms with Crippen molar-refractivity contribution in [3.05, 3.63) is 87.8 Å². The number of aromatic nitrogens is 2. The summed E-state index contributed by atoms with van der Waals surface area (Å²) in [5.74, 6) is 0.0501. The smallest absolute Gasteiger partial charge is 0.244 e. The second-order valence-corrected chi connectivity index (χ2v) is 10.0. The van der Waals surface area contributed by atoms with Gasteiger partial charge in [-0.25, -0.2) is 13.4 Å². The Labute approximate surface area is 207 Å². The van der Waals surface area contributed by atoms with E-state index in [4.69, 9.17) is 16.3 Å². The predicted octanol–water partition coefficient (Wildman–Crippen LogP) is 4.23. The SMILES string of the molecule is CCOc1ccc(S(=O)(=O)c2cn(CC(=O)Nc3ccccc3Cl)c3nc(C)ccc3c2=O)cc1. The van der Waals surface area contributed by atoms with Crippen LogP contribution in [0.1, 0.15) is 12.6 Å². The van der Waals surface area contributed by atoms with Crippen molar-refractivity contribution < 1.29 is 17.9 Å². The third-order valence-electron chi connectivity index (χ3n) is 5.22. The molecule has 0 atom stereocenters. The van der Waals surface area contributed by atoms with Crippen molar-refractivity contribution in [2.45, 2.75) is 30.2 Å². The number of nitrogens with one attached hydrogen (secondary N) is 1. The van der Waals surface area contributed by atoms with Gasteiger partial charge in [0, 0.05) is 11.9 Å². The molecule has 0 spiro atoms. The highest BCUT2D eigenvalue weighted by Gasteiger charge is 2.25. The van der Waals surface area contributed by atoms with Crippen LogP contribution in [0.25, 0.3) is 11.0 Å². The Hall–Kier alpha value is -3.69. The Bertz CT molecular complexity index is 1580. The molecule has 2 aromatic heterocycles. The summed E-state index contributed by atoms with van der Waals surface area (Å²) >= 11 is 6.13. The van der Waals surface area contributed by atoms with Gasteiger partial charge in [-0.2, -0.15) is 0 Å². The highest BCUT2D eigenvalue weighted by molar-refractivity contribution is 7.91. The Kier molecular flexibility index (Phi) is 6.90. The van der Waals surface area contributed by atoms with E-state index in [9.17, 15) is 18.0 Å². The van der Waals surface area contributed by atoms with Gasteiger partial charge in [-0.3, -0.25) is 9.59 Å². The Morgan fingerprint density at radius 1 is 1.09 bits per heavy atom. The summed E-state index contributed by atoms with van der Waals surface area (Å²) in [6, 6.07) is 15.7. The number of fused-ring (bicyclic) bond motifs is 1. The van der Waals surface area contributed by atoms with Crippen molar-refractivity contribution in [3.63, 3.8) is 0 Å². The lowest BCUT2D eigenvalue weighted by atomic mass is 10.2. The molecule has 0 aliphatic rings. The number of carbonyl (C=O) groups is 1. The zero-order valence-electron chi connectivity index (χ0n) is 19.0. The second-order valence-electron chi connectivity index (χ2n) is 7.71. The average Bonchev–Trinajstić information content (AvgIpc) is 2.82. The molecule has 35 heavy (non-hydrogen) atoms. The predicted molar refractivity (Wildman–Crippen MR) is 134 cm³/mol. The van der Waals surface area contributed by atoms with Gasteiger partial charge in [0.15, 0.2) is 0 Å². The van der Waals surface area contributed by atoms with Gasteiger partial charge >= 0.3 is 0 Å². The van der Waals surface area contributed by atoms with Gasteiger partial charge in [0.25, 0.3) is 0 Å². The number of carbonyl (C=O) groups excluding carboxylic acids is 1.